The van der Waals surface area contributed by atoms with Crippen LogP contribution in [0.5, 0.6) is 11.5 Å². The summed E-state index contributed by atoms with van der Waals surface area (Å²) < 4.78 is 16.0. The van der Waals surface area contributed by atoms with Gasteiger partial charge in [0.25, 0.3) is 5.69 Å². The fourth-order valence-electron chi connectivity index (χ4n) is 3.34. The van der Waals surface area contributed by atoms with Crippen molar-refractivity contribution in [3.63, 3.8) is 0 Å². The van der Waals surface area contributed by atoms with E-state index in [1.807, 2.05) is 31.2 Å². The van der Waals surface area contributed by atoms with E-state index < -0.39 is 16.9 Å². The molecule has 0 aromatic heterocycles. The Morgan fingerprint density at radius 2 is 1.78 bits per heavy atom. The SMILES string of the molecule is COc1cc(/C=C2\N=C(c3cccc(C)c3)OC2=O)ccc1OC(=O)/C=C/c1ccc([N+](=O)[O-])cc1. The third-order valence-electron chi connectivity index (χ3n) is 5.10. The minimum absolute atomic E-state index is 0.0440. The number of carbonyl (C=O) groups is 2. The summed E-state index contributed by atoms with van der Waals surface area (Å²) in [6, 6.07) is 18.0. The van der Waals surface area contributed by atoms with Crippen LogP contribution in [-0.4, -0.2) is 29.9 Å². The highest BCUT2D eigenvalue weighted by molar-refractivity contribution is 6.12. The first-order valence-electron chi connectivity index (χ1n) is 10.7. The third kappa shape index (κ3) is 5.71. The van der Waals surface area contributed by atoms with Crippen molar-refractivity contribution in [2.75, 3.05) is 7.11 Å². The molecule has 0 radical (unpaired) electrons. The number of esters is 2. The van der Waals surface area contributed by atoms with Crippen molar-refractivity contribution in [2.45, 2.75) is 6.92 Å². The molecule has 0 atom stereocenters. The van der Waals surface area contributed by atoms with Crippen molar-refractivity contribution in [1.82, 2.24) is 0 Å². The van der Waals surface area contributed by atoms with E-state index >= 15 is 0 Å². The Bertz CT molecular complexity index is 1440. The molecular weight excluding hydrogens is 464 g/mol. The number of rotatable bonds is 7. The summed E-state index contributed by atoms with van der Waals surface area (Å²) in [5, 5.41) is 10.7. The Labute approximate surface area is 206 Å². The number of ether oxygens (including phenoxy) is 3. The van der Waals surface area contributed by atoms with Gasteiger partial charge in [0.15, 0.2) is 17.2 Å². The molecule has 3 aromatic carbocycles. The highest BCUT2D eigenvalue weighted by atomic mass is 16.6. The Kier molecular flexibility index (Phi) is 7.01. The Balaban J connectivity index is 1.48. The van der Waals surface area contributed by atoms with Gasteiger partial charge in [-0.15, -0.1) is 0 Å². The van der Waals surface area contributed by atoms with E-state index in [1.54, 1.807) is 18.2 Å². The number of aliphatic imine (C=N–C) groups is 1. The molecule has 1 aliphatic heterocycles. The second-order valence-electron chi connectivity index (χ2n) is 7.72. The maximum Gasteiger partial charge on any atom is 0.363 e. The molecule has 0 unspecified atom stereocenters. The number of methoxy groups -OCH3 is 1. The lowest BCUT2D eigenvalue weighted by Crippen LogP contribution is -2.05. The molecular formula is C27H20N2O7. The van der Waals surface area contributed by atoms with Crippen molar-refractivity contribution in [3.05, 3.63) is 111 Å². The van der Waals surface area contributed by atoms with Crippen molar-refractivity contribution < 1.29 is 28.7 Å². The van der Waals surface area contributed by atoms with Crippen LogP contribution >= 0.6 is 0 Å². The summed E-state index contributed by atoms with van der Waals surface area (Å²) >= 11 is 0. The molecule has 0 bridgehead atoms. The summed E-state index contributed by atoms with van der Waals surface area (Å²) in [4.78, 5) is 39.1. The first kappa shape index (κ1) is 24.1. The van der Waals surface area contributed by atoms with Gasteiger partial charge in [-0.3, -0.25) is 10.1 Å². The largest absolute Gasteiger partial charge is 0.493 e. The zero-order valence-electron chi connectivity index (χ0n) is 19.3. The Morgan fingerprint density at radius 3 is 2.47 bits per heavy atom. The van der Waals surface area contributed by atoms with Gasteiger partial charge < -0.3 is 14.2 Å². The van der Waals surface area contributed by atoms with Gasteiger partial charge in [-0.2, -0.15) is 0 Å². The monoisotopic (exact) mass is 484 g/mol. The van der Waals surface area contributed by atoms with Crippen LogP contribution in [-0.2, 0) is 14.3 Å². The highest BCUT2D eigenvalue weighted by Gasteiger charge is 2.24. The van der Waals surface area contributed by atoms with Gasteiger partial charge in [0.2, 0.25) is 5.90 Å². The molecule has 9 heteroatoms. The van der Waals surface area contributed by atoms with E-state index in [1.165, 1.54) is 49.6 Å². The van der Waals surface area contributed by atoms with Crippen LogP contribution in [0.3, 0.4) is 0 Å². The molecule has 180 valence electrons. The molecule has 0 fully saturated rings. The van der Waals surface area contributed by atoms with E-state index in [0.717, 1.165) is 5.56 Å². The Hall–Kier alpha value is -5.05. The standard InChI is InChI=1S/C27H20N2O7/c1-17-4-3-5-20(14-17)26-28-22(27(31)36-26)15-19-8-12-23(24(16-19)34-2)35-25(30)13-9-18-6-10-21(11-7-18)29(32)33/h3-16H,1-2H3/b13-9+,22-15-. The zero-order chi connectivity index (χ0) is 25.7. The van der Waals surface area contributed by atoms with E-state index in [0.29, 0.717) is 16.7 Å². The normalized spacial score (nSPS) is 14.0. The molecule has 0 N–H and O–H groups in total. The van der Waals surface area contributed by atoms with Crippen molar-refractivity contribution >= 4 is 35.7 Å². The molecule has 0 spiro atoms. The van der Waals surface area contributed by atoms with E-state index in [-0.39, 0.29) is 28.8 Å². The summed E-state index contributed by atoms with van der Waals surface area (Å²) in [5.74, 6) is -0.555. The first-order chi connectivity index (χ1) is 17.3. The lowest BCUT2D eigenvalue weighted by atomic mass is 10.1. The smallest absolute Gasteiger partial charge is 0.363 e. The molecule has 3 aromatic rings. The number of aryl methyl sites for hydroxylation is 1. The first-order valence-corrected chi connectivity index (χ1v) is 10.7. The number of hydrogen-bond acceptors (Lipinski definition) is 8. The Morgan fingerprint density at radius 1 is 1.03 bits per heavy atom. The van der Waals surface area contributed by atoms with Gasteiger partial charge >= 0.3 is 11.9 Å². The fraction of sp³-hybridized carbons (Fsp3) is 0.0741. The molecule has 0 saturated heterocycles. The molecule has 4 rings (SSSR count). The summed E-state index contributed by atoms with van der Waals surface area (Å²) in [7, 11) is 1.42. The molecule has 9 nitrogen and oxygen atoms in total. The zero-order valence-corrected chi connectivity index (χ0v) is 19.3. The summed E-state index contributed by atoms with van der Waals surface area (Å²) in [5.41, 5.74) is 2.99. The number of carbonyl (C=O) groups excluding carboxylic acids is 2. The van der Waals surface area contributed by atoms with E-state index in [2.05, 4.69) is 4.99 Å². The van der Waals surface area contributed by atoms with Crippen LogP contribution in [0.4, 0.5) is 5.69 Å². The van der Waals surface area contributed by atoms with Crippen molar-refractivity contribution in [1.29, 1.82) is 0 Å². The summed E-state index contributed by atoms with van der Waals surface area (Å²) in [6.45, 7) is 1.93. The third-order valence-corrected chi connectivity index (χ3v) is 5.10. The van der Waals surface area contributed by atoms with E-state index in [4.69, 9.17) is 14.2 Å². The van der Waals surface area contributed by atoms with Gasteiger partial charge in [-0.1, -0.05) is 23.8 Å². The van der Waals surface area contributed by atoms with Crippen LogP contribution in [0, 0.1) is 17.0 Å². The van der Waals surface area contributed by atoms with Gasteiger partial charge in [0.05, 0.1) is 12.0 Å². The molecule has 0 amide bonds. The van der Waals surface area contributed by atoms with Crippen molar-refractivity contribution in [2.24, 2.45) is 4.99 Å². The number of nitrogens with zero attached hydrogens (tertiary/aromatic N) is 2. The number of hydrogen-bond donors (Lipinski definition) is 0. The summed E-state index contributed by atoms with van der Waals surface area (Å²) in [6.07, 6.45) is 4.23. The lowest BCUT2D eigenvalue weighted by molar-refractivity contribution is -0.384. The number of nitro groups is 1. The average Bonchev–Trinajstić information content (AvgIpc) is 3.24. The second kappa shape index (κ2) is 10.5. The van der Waals surface area contributed by atoms with Crippen LogP contribution in [0.2, 0.25) is 0 Å². The molecule has 1 aliphatic rings. The maximum absolute atomic E-state index is 12.3. The van der Waals surface area contributed by atoms with Gasteiger partial charge in [-0.25, -0.2) is 14.6 Å². The number of nitro benzene ring substituents is 1. The van der Waals surface area contributed by atoms with Crippen LogP contribution in [0.25, 0.3) is 12.2 Å². The minimum Gasteiger partial charge on any atom is -0.493 e. The maximum atomic E-state index is 12.3. The predicted octanol–water partition coefficient (Wildman–Crippen LogP) is 4.88. The number of cyclic esters (lactones) is 1. The number of non-ortho nitro benzene ring substituents is 1. The van der Waals surface area contributed by atoms with Crippen LogP contribution in [0.1, 0.15) is 22.3 Å². The van der Waals surface area contributed by atoms with Gasteiger partial charge in [0, 0.05) is 23.8 Å². The fourth-order valence-corrected chi connectivity index (χ4v) is 3.34. The average molecular weight is 484 g/mol. The highest BCUT2D eigenvalue weighted by Crippen LogP contribution is 2.30. The van der Waals surface area contributed by atoms with Gasteiger partial charge in [0.1, 0.15) is 0 Å². The van der Waals surface area contributed by atoms with Gasteiger partial charge in [-0.05, 0) is 66.6 Å². The topological polar surface area (TPSA) is 117 Å². The predicted molar refractivity (Wildman–Crippen MR) is 133 cm³/mol. The number of benzene rings is 3. The quantitative estimate of drug-likeness (QED) is 0.154. The second-order valence-corrected chi connectivity index (χ2v) is 7.72. The lowest BCUT2D eigenvalue weighted by Gasteiger charge is -2.08. The van der Waals surface area contributed by atoms with Crippen LogP contribution < -0.4 is 9.47 Å². The van der Waals surface area contributed by atoms with E-state index in [9.17, 15) is 19.7 Å². The minimum atomic E-state index is -0.662. The molecule has 1 heterocycles. The van der Waals surface area contributed by atoms with Crippen LogP contribution in [0.15, 0.2) is 83.5 Å². The molecule has 36 heavy (non-hydrogen) atoms. The molecule has 0 aliphatic carbocycles. The van der Waals surface area contributed by atoms with Crippen molar-refractivity contribution in [3.8, 4) is 11.5 Å². The molecule has 0 saturated carbocycles.